The Labute approximate surface area is 73.3 Å². The molecule has 0 aromatic carbocycles. The van der Waals surface area contributed by atoms with E-state index >= 15 is 0 Å². The third-order valence-corrected chi connectivity index (χ3v) is 1.83. The van der Waals surface area contributed by atoms with Gasteiger partial charge in [0.25, 0.3) is 0 Å². The molecule has 1 aliphatic rings. The molecular weight excluding hydrogens is 184 g/mol. The Bertz CT molecular complexity index is 276. The molecule has 0 saturated carbocycles. The van der Waals surface area contributed by atoms with Crippen LogP contribution in [-0.2, 0) is 0 Å². The van der Waals surface area contributed by atoms with Crippen LogP contribution in [0.2, 0.25) is 0 Å². The highest BCUT2D eigenvalue weighted by Gasteiger charge is 2.44. The average Bonchev–Trinajstić information content (AvgIpc) is 1.97. The van der Waals surface area contributed by atoms with Gasteiger partial charge in [-0.1, -0.05) is 11.6 Å². The number of nitro groups is 1. The summed E-state index contributed by atoms with van der Waals surface area (Å²) in [6.07, 6.45) is 2.22. The minimum absolute atomic E-state index is 0.152. The van der Waals surface area contributed by atoms with Crippen molar-refractivity contribution in [1.29, 1.82) is 0 Å². The van der Waals surface area contributed by atoms with Gasteiger partial charge < -0.3 is 5.11 Å². The quantitative estimate of drug-likeness (QED) is 0.345. The Kier molecular flexibility index (Phi) is 2.18. The molecule has 2 unspecified atom stereocenters. The lowest BCUT2D eigenvalue weighted by Crippen LogP contribution is -2.55. The number of nitrogens with zero attached hydrogens (tertiary/aromatic N) is 1. The maximum absolute atomic E-state index is 10.4. The van der Waals surface area contributed by atoms with E-state index in [1.165, 1.54) is 12.2 Å². The van der Waals surface area contributed by atoms with Gasteiger partial charge in [0.05, 0.1) is 0 Å². The van der Waals surface area contributed by atoms with Crippen molar-refractivity contribution in [2.75, 3.05) is 0 Å². The van der Waals surface area contributed by atoms with Crippen molar-refractivity contribution in [2.24, 2.45) is 5.73 Å². The van der Waals surface area contributed by atoms with E-state index in [9.17, 15) is 10.1 Å². The van der Waals surface area contributed by atoms with Crippen molar-refractivity contribution in [1.82, 2.24) is 0 Å². The molecule has 0 aliphatic heterocycles. The molecule has 0 spiro atoms. The van der Waals surface area contributed by atoms with E-state index in [2.05, 4.69) is 0 Å². The molecule has 66 valence electrons. The van der Waals surface area contributed by atoms with Crippen LogP contribution in [0.25, 0.3) is 0 Å². The van der Waals surface area contributed by atoms with Crippen LogP contribution in [0.15, 0.2) is 23.3 Å². The van der Waals surface area contributed by atoms with Crippen molar-refractivity contribution in [3.05, 3.63) is 33.4 Å². The SMILES string of the molecule is NC1([N+](=O)[O-])C=C(Cl)C=CC1O. The van der Waals surface area contributed by atoms with Gasteiger partial charge in [0.2, 0.25) is 0 Å². The number of rotatable bonds is 1. The average molecular weight is 191 g/mol. The lowest BCUT2D eigenvalue weighted by atomic mass is 10.00. The number of aliphatic hydroxyl groups excluding tert-OH is 1. The standard InChI is InChI=1S/C6H7ClN2O3/c7-4-1-2-5(10)6(8,3-4)9(11)12/h1-3,5,10H,8H2. The van der Waals surface area contributed by atoms with Gasteiger partial charge in [0.1, 0.15) is 0 Å². The van der Waals surface area contributed by atoms with Crippen LogP contribution < -0.4 is 5.73 Å². The summed E-state index contributed by atoms with van der Waals surface area (Å²) in [4.78, 5) is 9.64. The van der Waals surface area contributed by atoms with Gasteiger partial charge in [-0.05, 0) is 12.2 Å². The van der Waals surface area contributed by atoms with E-state index in [1.54, 1.807) is 0 Å². The molecule has 6 heteroatoms. The smallest absolute Gasteiger partial charge is 0.322 e. The molecule has 1 rings (SSSR count). The highest BCUT2D eigenvalue weighted by atomic mass is 35.5. The van der Waals surface area contributed by atoms with Gasteiger partial charge in [-0.25, -0.2) is 0 Å². The maximum Gasteiger partial charge on any atom is 0.322 e. The van der Waals surface area contributed by atoms with Crippen LogP contribution in [0, 0.1) is 10.1 Å². The number of aliphatic hydroxyl groups is 1. The summed E-state index contributed by atoms with van der Waals surface area (Å²) in [7, 11) is 0. The van der Waals surface area contributed by atoms with E-state index in [4.69, 9.17) is 22.4 Å². The number of nitrogens with two attached hydrogens (primary N) is 1. The molecular formula is C6H7ClN2O3. The fraction of sp³-hybridized carbons (Fsp3) is 0.333. The second kappa shape index (κ2) is 2.85. The summed E-state index contributed by atoms with van der Waals surface area (Å²) in [6, 6.07) is 0. The lowest BCUT2D eigenvalue weighted by Gasteiger charge is -2.22. The maximum atomic E-state index is 10.4. The minimum atomic E-state index is -1.99. The summed E-state index contributed by atoms with van der Waals surface area (Å²) in [5, 5.41) is 19.7. The monoisotopic (exact) mass is 190 g/mol. The van der Waals surface area contributed by atoms with Crippen molar-refractivity contribution in [3.63, 3.8) is 0 Å². The summed E-state index contributed by atoms with van der Waals surface area (Å²) < 4.78 is 0. The fourth-order valence-corrected chi connectivity index (χ4v) is 1.10. The molecule has 12 heavy (non-hydrogen) atoms. The van der Waals surface area contributed by atoms with Crippen LogP contribution in [0.1, 0.15) is 0 Å². The summed E-state index contributed by atoms with van der Waals surface area (Å²) >= 11 is 5.49. The third kappa shape index (κ3) is 1.34. The topological polar surface area (TPSA) is 89.4 Å². The first-order valence-corrected chi connectivity index (χ1v) is 3.52. The van der Waals surface area contributed by atoms with Crippen molar-refractivity contribution >= 4 is 11.6 Å². The van der Waals surface area contributed by atoms with Gasteiger partial charge in [-0.3, -0.25) is 15.8 Å². The molecule has 0 heterocycles. The van der Waals surface area contributed by atoms with Gasteiger partial charge >= 0.3 is 5.66 Å². The van der Waals surface area contributed by atoms with E-state index < -0.39 is 16.7 Å². The largest absolute Gasteiger partial charge is 0.380 e. The molecule has 2 atom stereocenters. The van der Waals surface area contributed by atoms with Gasteiger partial charge in [-0.2, -0.15) is 0 Å². The van der Waals surface area contributed by atoms with Crippen LogP contribution in [0.4, 0.5) is 0 Å². The number of allylic oxidation sites excluding steroid dienone is 2. The molecule has 0 radical (unpaired) electrons. The van der Waals surface area contributed by atoms with E-state index in [-0.39, 0.29) is 5.03 Å². The number of hydrogen-bond donors (Lipinski definition) is 2. The Balaban J connectivity index is 3.05. The van der Waals surface area contributed by atoms with Crippen molar-refractivity contribution in [3.8, 4) is 0 Å². The normalized spacial score (nSPS) is 34.6. The predicted octanol–water partition coefficient (Wildman–Crippen LogP) is -0.0285. The van der Waals surface area contributed by atoms with Gasteiger partial charge in [-0.15, -0.1) is 0 Å². The zero-order valence-electron chi connectivity index (χ0n) is 5.98. The molecule has 0 aromatic heterocycles. The zero-order chi connectivity index (χ0) is 9.35. The summed E-state index contributed by atoms with van der Waals surface area (Å²) in [5.74, 6) is 0. The second-order valence-electron chi connectivity index (χ2n) is 2.48. The minimum Gasteiger partial charge on any atom is -0.380 e. The molecule has 1 aliphatic carbocycles. The number of halogens is 1. The van der Waals surface area contributed by atoms with Gasteiger partial charge in [0, 0.05) is 16.0 Å². The molecule has 0 aromatic rings. The summed E-state index contributed by atoms with van der Waals surface area (Å²) in [6.45, 7) is 0. The highest BCUT2D eigenvalue weighted by molar-refractivity contribution is 6.31. The van der Waals surface area contributed by atoms with E-state index in [1.807, 2.05) is 0 Å². The number of hydrogen-bond acceptors (Lipinski definition) is 4. The van der Waals surface area contributed by atoms with E-state index in [0.29, 0.717) is 0 Å². The highest BCUT2D eigenvalue weighted by Crippen LogP contribution is 2.21. The van der Waals surface area contributed by atoms with Crippen LogP contribution in [0.3, 0.4) is 0 Å². The molecule has 0 bridgehead atoms. The summed E-state index contributed by atoms with van der Waals surface area (Å²) in [5.41, 5.74) is 3.28. The molecule has 0 saturated heterocycles. The van der Waals surface area contributed by atoms with Crippen LogP contribution in [0.5, 0.6) is 0 Å². The Hall–Kier alpha value is -0.910. The van der Waals surface area contributed by atoms with Crippen LogP contribution >= 0.6 is 11.6 Å². The Morgan fingerprint density at radius 2 is 2.42 bits per heavy atom. The van der Waals surface area contributed by atoms with Gasteiger partial charge in [0.15, 0.2) is 6.10 Å². The first-order chi connectivity index (χ1) is 5.47. The first kappa shape index (κ1) is 9.18. The molecule has 3 N–H and O–H groups in total. The third-order valence-electron chi connectivity index (χ3n) is 1.60. The molecule has 0 amide bonds. The first-order valence-electron chi connectivity index (χ1n) is 3.15. The fourth-order valence-electron chi connectivity index (χ4n) is 0.852. The Morgan fingerprint density at radius 3 is 2.83 bits per heavy atom. The van der Waals surface area contributed by atoms with E-state index in [0.717, 1.165) is 6.08 Å². The molecule has 0 fully saturated rings. The predicted molar refractivity (Wildman–Crippen MR) is 43.0 cm³/mol. The lowest BCUT2D eigenvalue weighted by molar-refractivity contribution is -0.564. The van der Waals surface area contributed by atoms with Crippen molar-refractivity contribution < 1.29 is 10.0 Å². The zero-order valence-corrected chi connectivity index (χ0v) is 6.73. The molecule has 5 nitrogen and oxygen atoms in total. The Morgan fingerprint density at radius 1 is 1.83 bits per heavy atom. The second-order valence-corrected chi connectivity index (χ2v) is 2.91. The van der Waals surface area contributed by atoms with Crippen LogP contribution in [-0.4, -0.2) is 21.8 Å². The van der Waals surface area contributed by atoms with Crippen molar-refractivity contribution in [2.45, 2.75) is 11.8 Å².